The van der Waals surface area contributed by atoms with E-state index in [1.165, 1.54) is 6.07 Å². The van der Waals surface area contributed by atoms with Gasteiger partial charge >= 0.3 is 5.97 Å². The first kappa shape index (κ1) is 28.7. The van der Waals surface area contributed by atoms with E-state index in [0.717, 1.165) is 36.4 Å². The molecule has 0 amide bonds. The molecule has 0 unspecified atom stereocenters. The minimum Gasteiger partial charge on any atom is -0.492 e. The van der Waals surface area contributed by atoms with E-state index in [1.807, 2.05) is 0 Å². The highest BCUT2D eigenvalue weighted by Crippen LogP contribution is 2.36. The third-order valence-electron chi connectivity index (χ3n) is 4.75. The first-order valence-electron chi connectivity index (χ1n) is 10.1. The van der Waals surface area contributed by atoms with E-state index in [-0.39, 0.29) is 27.9 Å². The number of anilines is 2. The van der Waals surface area contributed by atoms with Crippen molar-refractivity contribution in [2.75, 3.05) is 5.32 Å². The second-order valence-electron chi connectivity index (χ2n) is 7.39. The predicted molar refractivity (Wildman–Crippen MR) is 136 cm³/mol. The van der Waals surface area contributed by atoms with Crippen molar-refractivity contribution in [1.29, 1.82) is 0 Å². The molecule has 4 aromatic rings. The van der Waals surface area contributed by atoms with Crippen LogP contribution < -0.4 is 5.32 Å². The highest BCUT2D eigenvalue weighted by atomic mass is 35.5. The molecule has 0 aliphatic carbocycles. The van der Waals surface area contributed by atoms with E-state index in [0.29, 0.717) is 4.68 Å². The Morgan fingerprint density at radius 2 is 1.52 bits per heavy atom. The zero-order chi connectivity index (χ0) is 29.4. The number of aromatic nitrogens is 5. The Morgan fingerprint density at radius 1 is 0.900 bits per heavy atom. The molecule has 0 spiro atoms. The molecule has 5 N–H and O–H groups in total. The smallest absolute Gasteiger partial charge is 0.358 e. The van der Waals surface area contributed by atoms with Gasteiger partial charge in [-0.2, -0.15) is 41.6 Å². The molecule has 21 heteroatoms. The second-order valence-corrected chi connectivity index (χ2v) is 10.9. The van der Waals surface area contributed by atoms with E-state index in [1.54, 1.807) is 0 Å². The van der Waals surface area contributed by atoms with Crippen LogP contribution in [0.15, 0.2) is 62.5 Å². The fraction of sp³-hybridized carbons (Fsp3) is 0. The van der Waals surface area contributed by atoms with E-state index >= 15 is 0 Å². The number of nitrogens with one attached hydrogen (secondary N) is 1. The third-order valence-corrected chi connectivity index (χ3v) is 6.86. The topological polar surface area (TPSA) is 260 Å². The number of carbonyl (C=O) groups is 1. The SMILES string of the molecule is O=C(O)c1nn(-c2ccc(S(=O)(=O)O)cc2)c(O)c1/N=N/c1cc(Nc2nc(Cl)nc(Cl)n2)ccc1S(=O)(=O)O. The summed E-state index contributed by atoms with van der Waals surface area (Å²) in [6.07, 6.45) is 0. The fourth-order valence-corrected chi connectivity index (χ4v) is 4.53. The molecule has 4 rings (SSSR count). The van der Waals surface area contributed by atoms with E-state index in [4.69, 9.17) is 27.8 Å². The summed E-state index contributed by atoms with van der Waals surface area (Å²) >= 11 is 11.5. The highest BCUT2D eigenvalue weighted by molar-refractivity contribution is 7.86. The van der Waals surface area contributed by atoms with Crippen LogP contribution >= 0.6 is 23.2 Å². The molecule has 0 saturated carbocycles. The molecule has 2 heterocycles. The molecule has 2 aromatic heterocycles. The molecule has 0 aliphatic rings. The van der Waals surface area contributed by atoms with Crippen LogP contribution in [0.2, 0.25) is 10.6 Å². The lowest BCUT2D eigenvalue weighted by molar-refractivity contribution is 0.0690. The van der Waals surface area contributed by atoms with Crippen LogP contribution in [-0.4, -0.2) is 66.9 Å². The van der Waals surface area contributed by atoms with Crippen LogP contribution in [0.1, 0.15) is 10.5 Å². The van der Waals surface area contributed by atoms with Crippen molar-refractivity contribution in [3.05, 3.63) is 58.7 Å². The average Bonchev–Trinajstić information content (AvgIpc) is 3.17. The first-order chi connectivity index (χ1) is 18.6. The number of hydrogen-bond donors (Lipinski definition) is 5. The number of carboxylic acids is 1. The Morgan fingerprint density at radius 3 is 2.08 bits per heavy atom. The monoisotopic (exact) mass is 630 g/mol. The van der Waals surface area contributed by atoms with Crippen molar-refractivity contribution in [2.24, 2.45) is 10.2 Å². The van der Waals surface area contributed by atoms with Crippen LogP contribution in [0.4, 0.5) is 23.0 Å². The summed E-state index contributed by atoms with van der Waals surface area (Å²) < 4.78 is 65.7. The number of carboxylic acid groups (broad SMARTS) is 1. The molecule has 0 fully saturated rings. The van der Waals surface area contributed by atoms with Gasteiger partial charge in [0.1, 0.15) is 10.6 Å². The van der Waals surface area contributed by atoms with Gasteiger partial charge in [-0.1, -0.05) is 0 Å². The van der Waals surface area contributed by atoms with Crippen LogP contribution in [0, 0.1) is 0 Å². The van der Waals surface area contributed by atoms with Crippen LogP contribution in [0.25, 0.3) is 5.69 Å². The summed E-state index contributed by atoms with van der Waals surface area (Å²) in [6.45, 7) is 0. The Hall–Kier alpha value is -4.27. The molecule has 0 radical (unpaired) electrons. The lowest BCUT2D eigenvalue weighted by atomic mass is 10.3. The summed E-state index contributed by atoms with van der Waals surface area (Å²) in [5.74, 6) is -2.68. The van der Waals surface area contributed by atoms with Crippen LogP contribution in [-0.2, 0) is 20.2 Å². The molecule has 0 saturated heterocycles. The Bertz CT molecular complexity index is 1880. The van der Waals surface area contributed by atoms with Crippen LogP contribution in [0.3, 0.4) is 0 Å². The summed E-state index contributed by atoms with van der Waals surface area (Å²) in [6, 6.07) is 7.35. The minimum atomic E-state index is -4.87. The maximum absolute atomic E-state index is 11.9. The average molecular weight is 631 g/mol. The molecule has 17 nitrogen and oxygen atoms in total. The molecule has 0 atom stereocenters. The minimum absolute atomic E-state index is 0.0339. The number of hydrogen-bond acceptors (Lipinski definition) is 13. The van der Waals surface area contributed by atoms with Gasteiger partial charge in [0.2, 0.25) is 28.1 Å². The van der Waals surface area contributed by atoms with E-state index in [9.17, 15) is 36.4 Å². The van der Waals surface area contributed by atoms with Crippen molar-refractivity contribution in [3.8, 4) is 11.6 Å². The largest absolute Gasteiger partial charge is 0.492 e. The number of rotatable bonds is 8. The number of nitrogens with zero attached hydrogens (tertiary/aromatic N) is 7. The third kappa shape index (κ3) is 6.30. The van der Waals surface area contributed by atoms with Gasteiger partial charge in [0.05, 0.1) is 10.6 Å². The van der Waals surface area contributed by atoms with Gasteiger partial charge in [0.25, 0.3) is 20.2 Å². The number of aromatic carboxylic acids is 1. The van der Waals surface area contributed by atoms with Gasteiger partial charge in [-0.05, 0) is 65.7 Å². The van der Waals surface area contributed by atoms with Gasteiger partial charge in [0.15, 0.2) is 5.69 Å². The van der Waals surface area contributed by atoms with Crippen molar-refractivity contribution in [3.63, 3.8) is 0 Å². The Balaban J connectivity index is 1.78. The maximum Gasteiger partial charge on any atom is 0.358 e. The first-order valence-corrected chi connectivity index (χ1v) is 13.8. The summed E-state index contributed by atoms with van der Waals surface area (Å²) in [5.41, 5.74) is -2.00. The quantitative estimate of drug-likeness (QED) is 0.138. The number of benzene rings is 2. The standard InChI is InChI=1S/C19H12Cl2N8O9S2/c20-17-23-18(21)25-19(24-17)22-8-1-6-12(40(36,37)38)11(7-8)26-27-13-14(16(31)32)28-29(15(13)30)9-2-4-10(5-3-9)39(33,34)35/h1-7,30H,(H,31,32)(H,33,34,35)(H,36,37,38)(H,22,23,24,25)/b27-26+. The van der Waals surface area contributed by atoms with Crippen molar-refractivity contribution in [1.82, 2.24) is 24.7 Å². The van der Waals surface area contributed by atoms with Gasteiger partial charge in [-0.25, -0.2) is 4.79 Å². The molecule has 208 valence electrons. The predicted octanol–water partition coefficient (Wildman–Crippen LogP) is 3.42. The van der Waals surface area contributed by atoms with E-state index in [2.05, 4.69) is 35.6 Å². The van der Waals surface area contributed by atoms with Crippen LogP contribution in [0.5, 0.6) is 5.88 Å². The van der Waals surface area contributed by atoms with Gasteiger partial charge in [0, 0.05) is 5.69 Å². The zero-order valence-electron chi connectivity index (χ0n) is 19.1. The molecular formula is C19H12Cl2N8O9S2. The molecular weight excluding hydrogens is 619 g/mol. The number of halogens is 2. The second kappa shape index (κ2) is 10.7. The van der Waals surface area contributed by atoms with E-state index < -0.39 is 58.9 Å². The Labute approximate surface area is 233 Å². The molecule has 40 heavy (non-hydrogen) atoms. The molecule has 0 aliphatic heterocycles. The fourth-order valence-electron chi connectivity index (χ4n) is 3.08. The molecule has 2 aromatic carbocycles. The zero-order valence-corrected chi connectivity index (χ0v) is 22.2. The summed E-state index contributed by atoms with van der Waals surface area (Å²) in [5, 5.41) is 33.4. The maximum atomic E-state index is 11.9. The van der Waals surface area contributed by atoms with Gasteiger partial charge < -0.3 is 15.5 Å². The number of aromatic hydroxyl groups is 1. The van der Waals surface area contributed by atoms with Crippen molar-refractivity contribution >= 4 is 72.4 Å². The summed E-state index contributed by atoms with van der Waals surface area (Å²) in [7, 11) is -9.40. The lowest BCUT2D eigenvalue weighted by Crippen LogP contribution is -2.02. The Kier molecular flexibility index (Phi) is 7.70. The summed E-state index contributed by atoms with van der Waals surface area (Å²) in [4.78, 5) is 21.7. The number of azo groups is 1. The highest BCUT2D eigenvalue weighted by Gasteiger charge is 2.25. The van der Waals surface area contributed by atoms with Gasteiger partial charge in [-0.15, -0.1) is 10.2 Å². The normalized spacial score (nSPS) is 12.1. The van der Waals surface area contributed by atoms with Gasteiger partial charge in [-0.3, -0.25) is 9.11 Å². The molecule has 0 bridgehead atoms. The van der Waals surface area contributed by atoms with Crippen molar-refractivity contribution in [2.45, 2.75) is 9.79 Å². The lowest BCUT2D eigenvalue weighted by Gasteiger charge is -2.08. The van der Waals surface area contributed by atoms with Crippen molar-refractivity contribution < 1.29 is 40.9 Å².